The monoisotopic (exact) mass is 451 g/mol. The molecule has 0 unspecified atom stereocenters. The lowest BCUT2D eigenvalue weighted by molar-refractivity contribution is 0.0937. The van der Waals surface area contributed by atoms with Crippen molar-refractivity contribution < 1.29 is 14.3 Å². The van der Waals surface area contributed by atoms with E-state index in [4.69, 9.17) is 4.74 Å². The fourth-order valence-corrected chi connectivity index (χ4v) is 4.50. The molecule has 2 saturated carbocycles. The number of pyridine rings is 1. The van der Waals surface area contributed by atoms with Crippen molar-refractivity contribution in [2.75, 3.05) is 13.7 Å². The molecule has 176 valence electrons. The number of methoxy groups -OCH3 is 1. The average molecular weight is 452 g/mol. The first-order valence-electron chi connectivity index (χ1n) is 11.9. The lowest BCUT2D eigenvalue weighted by Crippen LogP contribution is -2.37. The Morgan fingerprint density at radius 1 is 1.06 bits per heavy atom. The van der Waals surface area contributed by atoms with Gasteiger partial charge in [-0.05, 0) is 56.2 Å². The number of benzene rings is 1. The van der Waals surface area contributed by atoms with Crippen LogP contribution in [0.25, 0.3) is 0 Å². The topological polar surface area (TPSA) is 89.4 Å². The molecule has 0 radical (unpaired) electrons. The molecule has 1 atom stereocenters. The molecule has 1 aromatic heterocycles. The third-order valence-corrected chi connectivity index (χ3v) is 6.72. The second-order valence-electron chi connectivity index (χ2n) is 9.28. The average Bonchev–Trinajstić information content (AvgIpc) is 3.69. The molecule has 2 aromatic rings. The van der Waals surface area contributed by atoms with Crippen molar-refractivity contribution in [3.63, 3.8) is 0 Å². The Morgan fingerprint density at radius 2 is 1.76 bits per heavy atom. The first-order chi connectivity index (χ1) is 16.0. The van der Waals surface area contributed by atoms with E-state index in [0.717, 1.165) is 31.2 Å². The van der Waals surface area contributed by atoms with E-state index in [1.165, 1.54) is 19.3 Å². The Bertz CT molecular complexity index is 1070. The number of carbonyl (C=O) groups excluding carboxylic acids is 2. The van der Waals surface area contributed by atoms with Gasteiger partial charge >= 0.3 is 0 Å². The maximum absolute atomic E-state index is 13.2. The summed E-state index contributed by atoms with van der Waals surface area (Å²) in [6, 6.07) is 7.34. The Balaban J connectivity index is 1.53. The largest absolute Gasteiger partial charge is 0.497 e. The maximum atomic E-state index is 13.2. The van der Waals surface area contributed by atoms with E-state index in [1.54, 1.807) is 19.5 Å². The maximum Gasteiger partial charge on any atom is 0.257 e. The van der Waals surface area contributed by atoms with E-state index in [-0.39, 0.29) is 23.2 Å². The van der Waals surface area contributed by atoms with Gasteiger partial charge in [0.25, 0.3) is 11.8 Å². The number of hydrogen-bond acceptors (Lipinski definition) is 4. The highest BCUT2D eigenvalue weighted by atomic mass is 16.5. The molecule has 4 rings (SSSR count). The molecular formula is C26H33N3O4. The minimum Gasteiger partial charge on any atom is -0.497 e. The van der Waals surface area contributed by atoms with Crippen LogP contribution in [0.5, 0.6) is 5.75 Å². The summed E-state index contributed by atoms with van der Waals surface area (Å²) in [6.45, 7) is 2.43. The third kappa shape index (κ3) is 5.64. The summed E-state index contributed by atoms with van der Waals surface area (Å²) in [5.41, 5.74) is 0.385. The van der Waals surface area contributed by atoms with Gasteiger partial charge in [-0.1, -0.05) is 31.4 Å². The standard InChI is InChI=1S/C26H33N3O4/c1-17(19-9-6-10-21(13-19)33-2)28-26(32)23-16-29(20-11-12-20)15-22(24(23)30)25(31)27-14-18-7-4-3-5-8-18/h6,9-10,13,15-18,20H,3-5,7-8,11-12,14H2,1-2H3,(H,27,31)(H,28,32)/t17-/m1/s1. The fourth-order valence-electron chi connectivity index (χ4n) is 4.50. The van der Waals surface area contributed by atoms with Crippen molar-refractivity contribution in [2.24, 2.45) is 5.92 Å². The summed E-state index contributed by atoms with van der Waals surface area (Å²) < 4.78 is 7.11. The molecule has 2 aliphatic carbocycles. The van der Waals surface area contributed by atoms with Crippen LogP contribution in [0.1, 0.15) is 90.2 Å². The second-order valence-corrected chi connectivity index (χ2v) is 9.28. The number of ether oxygens (including phenoxy) is 1. The van der Waals surface area contributed by atoms with Crippen molar-refractivity contribution in [1.82, 2.24) is 15.2 Å². The molecular weight excluding hydrogens is 418 g/mol. The van der Waals surface area contributed by atoms with Crippen LogP contribution in [0.3, 0.4) is 0 Å². The van der Waals surface area contributed by atoms with Crippen LogP contribution in [-0.4, -0.2) is 30.0 Å². The van der Waals surface area contributed by atoms with Crippen LogP contribution >= 0.6 is 0 Å². The highest BCUT2D eigenvalue weighted by Crippen LogP contribution is 2.34. The molecule has 2 N–H and O–H groups in total. The SMILES string of the molecule is COc1cccc([C@@H](C)NC(=O)c2cn(C3CC3)cc(C(=O)NCC3CCCCC3)c2=O)c1. The molecule has 1 aromatic carbocycles. The number of aromatic nitrogens is 1. The van der Waals surface area contributed by atoms with Crippen LogP contribution in [0.15, 0.2) is 41.5 Å². The van der Waals surface area contributed by atoms with E-state index in [1.807, 2.05) is 35.8 Å². The number of carbonyl (C=O) groups is 2. The van der Waals surface area contributed by atoms with Gasteiger partial charge in [0, 0.05) is 25.0 Å². The Labute approximate surface area is 194 Å². The zero-order chi connectivity index (χ0) is 23.4. The van der Waals surface area contributed by atoms with E-state index in [2.05, 4.69) is 10.6 Å². The van der Waals surface area contributed by atoms with Gasteiger partial charge in [-0.2, -0.15) is 0 Å². The first-order valence-corrected chi connectivity index (χ1v) is 11.9. The predicted octanol–water partition coefficient (Wildman–Crippen LogP) is 3.99. The Hall–Kier alpha value is -3.09. The first kappa shape index (κ1) is 23.1. The van der Waals surface area contributed by atoms with E-state index < -0.39 is 17.2 Å². The van der Waals surface area contributed by atoms with Gasteiger partial charge in [0.2, 0.25) is 5.43 Å². The van der Waals surface area contributed by atoms with Crippen molar-refractivity contribution >= 4 is 11.8 Å². The van der Waals surface area contributed by atoms with Crippen LogP contribution in [-0.2, 0) is 0 Å². The van der Waals surface area contributed by atoms with Gasteiger partial charge < -0.3 is 19.9 Å². The summed E-state index contributed by atoms with van der Waals surface area (Å²) in [7, 11) is 1.59. The summed E-state index contributed by atoms with van der Waals surface area (Å²) in [6.07, 6.45) is 11.0. The zero-order valence-electron chi connectivity index (χ0n) is 19.4. The molecule has 2 aliphatic rings. The number of rotatable bonds is 8. The van der Waals surface area contributed by atoms with Crippen LogP contribution in [0.4, 0.5) is 0 Å². The van der Waals surface area contributed by atoms with Crippen LogP contribution in [0.2, 0.25) is 0 Å². The molecule has 7 nitrogen and oxygen atoms in total. The molecule has 2 amide bonds. The fraction of sp³-hybridized carbons (Fsp3) is 0.500. The third-order valence-electron chi connectivity index (χ3n) is 6.72. The van der Waals surface area contributed by atoms with Crippen molar-refractivity contribution in [2.45, 2.75) is 64.0 Å². The molecule has 0 spiro atoms. The van der Waals surface area contributed by atoms with Crippen LogP contribution < -0.4 is 20.8 Å². The lowest BCUT2D eigenvalue weighted by atomic mass is 9.89. The van der Waals surface area contributed by atoms with Crippen molar-refractivity contribution in [3.05, 3.63) is 63.6 Å². The van der Waals surface area contributed by atoms with Gasteiger partial charge in [-0.25, -0.2) is 0 Å². The normalized spacial score (nSPS) is 17.3. The molecule has 2 fully saturated rings. The summed E-state index contributed by atoms with van der Waals surface area (Å²) in [5.74, 6) is 0.284. The van der Waals surface area contributed by atoms with Gasteiger partial charge in [-0.15, -0.1) is 0 Å². The number of amides is 2. The minimum absolute atomic E-state index is 0.00182. The smallest absolute Gasteiger partial charge is 0.257 e. The summed E-state index contributed by atoms with van der Waals surface area (Å²) >= 11 is 0. The Morgan fingerprint density at radius 3 is 2.42 bits per heavy atom. The minimum atomic E-state index is -0.525. The molecule has 0 saturated heterocycles. The highest BCUT2D eigenvalue weighted by molar-refractivity contribution is 5.99. The summed E-state index contributed by atoms with van der Waals surface area (Å²) in [5, 5.41) is 5.85. The van der Waals surface area contributed by atoms with Gasteiger partial charge in [0.1, 0.15) is 16.9 Å². The second kappa shape index (κ2) is 10.2. The predicted molar refractivity (Wildman–Crippen MR) is 127 cm³/mol. The van der Waals surface area contributed by atoms with Crippen molar-refractivity contribution in [1.29, 1.82) is 0 Å². The molecule has 1 heterocycles. The van der Waals surface area contributed by atoms with Crippen molar-refractivity contribution in [3.8, 4) is 5.75 Å². The zero-order valence-corrected chi connectivity index (χ0v) is 19.4. The van der Waals surface area contributed by atoms with E-state index in [9.17, 15) is 14.4 Å². The molecule has 33 heavy (non-hydrogen) atoms. The van der Waals surface area contributed by atoms with Gasteiger partial charge in [0.05, 0.1) is 13.2 Å². The molecule has 7 heteroatoms. The highest BCUT2D eigenvalue weighted by Gasteiger charge is 2.28. The number of nitrogens with one attached hydrogen (secondary N) is 2. The quantitative estimate of drug-likeness (QED) is 0.635. The van der Waals surface area contributed by atoms with E-state index in [0.29, 0.717) is 18.2 Å². The van der Waals surface area contributed by atoms with Crippen LogP contribution in [0, 0.1) is 5.92 Å². The summed E-state index contributed by atoms with van der Waals surface area (Å²) in [4.78, 5) is 39.2. The Kier molecular flexibility index (Phi) is 7.16. The van der Waals surface area contributed by atoms with E-state index >= 15 is 0 Å². The van der Waals surface area contributed by atoms with Gasteiger partial charge in [0.15, 0.2) is 0 Å². The lowest BCUT2D eigenvalue weighted by Gasteiger charge is -2.22. The van der Waals surface area contributed by atoms with Gasteiger partial charge in [-0.3, -0.25) is 14.4 Å². The number of hydrogen-bond donors (Lipinski definition) is 2. The number of nitrogens with zero attached hydrogens (tertiary/aromatic N) is 1. The molecule has 0 bridgehead atoms. The molecule has 0 aliphatic heterocycles.